The zero-order valence-corrected chi connectivity index (χ0v) is 10.5. The Morgan fingerprint density at radius 3 is 3.06 bits per heavy atom. The smallest absolute Gasteiger partial charge is 0.279 e. The Morgan fingerprint density at radius 2 is 2.41 bits per heavy atom. The summed E-state index contributed by atoms with van der Waals surface area (Å²) in [6, 6.07) is -0.0978. The van der Waals surface area contributed by atoms with E-state index in [9.17, 15) is 9.59 Å². The first-order chi connectivity index (χ1) is 8.22. The molecule has 0 spiro atoms. The van der Waals surface area contributed by atoms with Crippen LogP contribution in [0.25, 0.3) is 0 Å². The third-order valence-corrected chi connectivity index (χ3v) is 4.21. The SMILES string of the molecule is O=C1NC(C(=O)N2CCCC2CCCO)CS1. The Morgan fingerprint density at radius 1 is 1.59 bits per heavy atom. The van der Waals surface area contributed by atoms with Gasteiger partial charge in [-0.05, 0) is 25.7 Å². The topological polar surface area (TPSA) is 69.6 Å². The average Bonchev–Trinajstić information content (AvgIpc) is 2.94. The Bertz CT molecular complexity index is 311. The highest BCUT2D eigenvalue weighted by Gasteiger charge is 2.36. The van der Waals surface area contributed by atoms with Crippen molar-refractivity contribution in [3.8, 4) is 0 Å². The molecule has 96 valence electrons. The minimum Gasteiger partial charge on any atom is -0.396 e. The number of carbonyl (C=O) groups is 2. The highest BCUT2D eigenvalue weighted by molar-refractivity contribution is 8.14. The number of hydrogen-bond donors (Lipinski definition) is 2. The number of nitrogens with zero attached hydrogens (tertiary/aromatic N) is 1. The van der Waals surface area contributed by atoms with Gasteiger partial charge in [0, 0.05) is 24.9 Å². The molecule has 2 aliphatic heterocycles. The van der Waals surface area contributed by atoms with Crippen LogP contribution in [-0.2, 0) is 4.79 Å². The molecule has 2 heterocycles. The van der Waals surface area contributed by atoms with Crippen LogP contribution in [0.3, 0.4) is 0 Å². The standard InChI is InChI=1S/C11H18N2O3S/c14-6-2-4-8-3-1-5-13(8)10(15)9-7-17-11(16)12-9/h8-9,14H,1-7H2,(H,12,16). The van der Waals surface area contributed by atoms with Crippen LogP contribution in [0.4, 0.5) is 4.79 Å². The molecular weight excluding hydrogens is 240 g/mol. The molecule has 0 aliphatic carbocycles. The molecule has 0 aromatic rings. The number of rotatable bonds is 4. The van der Waals surface area contributed by atoms with E-state index < -0.39 is 0 Å². The highest BCUT2D eigenvalue weighted by atomic mass is 32.2. The minimum atomic E-state index is -0.345. The van der Waals surface area contributed by atoms with E-state index in [-0.39, 0.29) is 29.8 Å². The lowest BCUT2D eigenvalue weighted by Gasteiger charge is -2.27. The van der Waals surface area contributed by atoms with Crippen LogP contribution in [0.15, 0.2) is 0 Å². The quantitative estimate of drug-likeness (QED) is 0.773. The first kappa shape index (κ1) is 12.7. The maximum Gasteiger partial charge on any atom is 0.279 e. The van der Waals surface area contributed by atoms with E-state index in [2.05, 4.69) is 5.32 Å². The number of aliphatic hydroxyl groups is 1. The summed E-state index contributed by atoms with van der Waals surface area (Å²) in [4.78, 5) is 25.2. The summed E-state index contributed by atoms with van der Waals surface area (Å²) in [5.74, 6) is 0.588. The summed E-state index contributed by atoms with van der Waals surface area (Å²) in [7, 11) is 0. The highest BCUT2D eigenvalue weighted by Crippen LogP contribution is 2.24. The minimum absolute atomic E-state index is 0.0452. The van der Waals surface area contributed by atoms with Crippen molar-refractivity contribution in [1.82, 2.24) is 10.2 Å². The van der Waals surface area contributed by atoms with Crippen molar-refractivity contribution in [2.75, 3.05) is 18.9 Å². The molecule has 0 aromatic heterocycles. The second-order valence-electron chi connectivity index (χ2n) is 4.49. The largest absolute Gasteiger partial charge is 0.396 e. The summed E-state index contributed by atoms with van der Waals surface area (Å²) in [5.41, 5.74) is 0. The van der Waals surface area contributed by atoms with Crippen molar-refractivity contribution >= 4 is 22.9 Å². The third-order valence-electron chi connectivity index (χ3n) is 3.33. The molecule has 2 rings (SSSR count). The fourth-order valence-electron chi connectivity index (χ4n) is 2.47. The molecule has 2 atom stereocenters. The second-order valence-corrected chi connectivity index (χ2v) is 5.48. The van der Waals surface area contributed by atoms with Crippen molar-refractivity contribution in [2.45, 2.75) is 37.8 Å². The zero-order chi connectivity index (χ0) is 12.3. The predicted octanol–water partition coefficient (Wildman–Crippen LogP) is 0.575. The van der Waals surface area contributed by atoms with E-state index in [1.54, 1.807) is 0 Å². The predicted molar refractivity (Wildman–Crippen MR) is 65.8 cm³/mol. The summed E-state index contributed by atoms with van der Waals surface area (Å²) in [5, 5.41) is 11.4. The number of carbonyl (C=O) groups excluding carboxylic acids is 2. The van der Waals surface area contributed by atoms with Gasteiger partial charge in [-0.1, -0.05) is 11.8 Å². The van der Waals surface area contributed by atoms with Gasteiger partial charge in [-0.2, -0.15) is 0 Å². The van der Waals surface area contributed by atoms with Crippen LogP contribution >= 0.6 is 11.8 Å². The van der Waals surface area contributed by atoms with Gasteiger partial charge in [0.25, 0.3) is 5.24 Å². The first-order valence-electron chi connectivity index (χ1n) is 6.07. The number of hydrogen-bond acceptors (Lipinski definition) is 4. The fourth-order valence-corrected chi connectivity index (χ4v) is 3.24. The molecule has 0 saturated carbocycles. The van der Waals surface area contributed by atoms with Gasteiger partial charge >= 0.3 is 0 Å². The van der Waals surface area contributed by atoms with Crippen LogP contribution in [-0.4, -0.2) is 52.1 Å². The number of aliphatic hydroxyl groups excluding tert-OH is 1. The molecule has 2 N–H and O–H groups in total. The maximum absolute atomic E-state index is 12.2. The van der Waals surface area contributed by atoms with E-state index in [4.69, 9.17) is 5.11 Å². The molecule has 0 radical (unpaired) electrons. The summed E-state index contributed by atoms with van der Waals surface area (Å²) < 4.78 is 0. The zero-order valence-electron chi connectivity index (χ0n) is 9.72. The number of amides is 2. The monoisotopic (exact) mass is 258 g/mol. The van der Waals surface area contributed by atoms with Gasteiger partial charge < -0.3 is 15.3 Å². The molecule has 2 saturated heterocycles. The van der Waals surface area contributed by atoms with Crippen LogP contribution in [0.2, 0.25) is 0 Å². The molecule has 0 bridgehead atoms. The lowest BCUT2D eigenvalue weighted by atomic mass is 10.1. The lowest BCUT2D eigenvalue weighted by Crippen LogP contribution is -2.47. The molecule has 0 aromatic carbocycles. The maximum atomic E-state index is 12.2. The summed E-state index contributed by atoms with van der Waals surface area (Å²) in [6.45, 7) is 0.959. The van der Waals surface area contributed by atoms with Crippen LogP contribution in [0, 0.1) is 0 Å². The summed E-state index contributed by atoms with van der Waals surface area (Å²) in [6.07, 6.45) is 3.63. The van der Waals surface area contributed by atoms with Crippen molar-refractivity contribution in [2.24, 2.45) is 0 Å². The number of thioether (sulfide) groups is 1. The van der Waals surface area contributed by atoms with Crippen molar-refractivity contribution in [3.05, 3.63) is 0 Å². The van der Waals surface area contributed by atoms with Crippen LogP contribution in [0.1, 0.15) is 25.7 Å². The molecule has 5 nitrogen and oxygen atoms in total. The van der Waals surface area contributed by atoms with E-state index in [1.807, 2.05) is 4.90 Å². The van der Waals surface area contributed by atoms with Gasteiger partial charge in [-0.25, -0.2) is 0 Å². The van der Waals surface area contributed by atoms with Gasteiger partial charge in [-0.3, -0.25) is 9.59 Å². The van der Waals surface area contributed by atoms with Crippen molar-refractivity contribution in [1.29, 1.82) is 0 Å². The molecule has 6 heteroatoms. The normalized spacial score (nSPS) is 28.5. The van der Waals surface area contributed by atoms with E-state index >= 15 is 0 Å². The molecular formula is C11H18N2O3S. The Kier molecular flexibility index (Phi) is 4.28. The van der Waals surface area contributed by atoms with Gasteiger partial charge in [0.15, 0.2) is 0 Å². The Balaban J connectivity index is 1.91. The van der Waals surface area contributed by atoms with Gasteiger partial charge in [0.05, 0.1) is 0 Å². The van der Waals surface area contributed by atoms with Gasteiger partial charge in [0.1, 0.15) is 6.04 Å². The van der Waals surface area contributed by atoms with E-state index in [0.717, 1.165) is 32.2 Å². The van der Waals surface area contributed by atoms with Crippen molar-refractivity contribution in [3.63, 3.8) is 0 Å². The molecule has 17 heavy (non-hydrogen) atoms. The van der Waals surface area contributed by atoms with E-state index in [0.29, 0.717) is 5.75 Å². The molecule has 2 amide bonds. The second kappa shape index (κ2) is 5.73. The summed E-state index contributed by atoms with van der Waals surface area (Å²) >= 11 is 1.17. The van der Waals surface area contributed by atoms with E-state index in [1.165, 1.54) is 11.8 Å². The first-order valence-corrected chi connectivity index (χ1v) is 7.05. The average molecular weight is 258 g/mol. The Hall–Kier alpha value is -0.750. The third kappa shape index (κ3) is 2.93. The molecule has 2 fully saturated rings. The van der Waals surface area contributed by atoms with Crippen LogP contribution < -0.4 is 5.32 Å². The Labute approximate surface area is 105 Å². The van der Waals surface area contributed by atoms with Crippen molar-refractivity contribution < 1.29 is 14.7 Å². The lowest BCUT2D eigenvalue weighted by molar-refractivity contribution is -0.133. The molecule has 2 unspecified atom stereocenters. The fraction of sp³-hybridized carbons (Fsp3) is 0.818. The number of likely N-dealkylation sites (tertiary alicyclic amines) is 1. The molecule has 2 aliphatic rings. The van der Waals surface area contributed by atoms with Crippen LogP contribution in [0.5, 0.6) is 0 Å². The van der Waals surface area contributed by atoms with Gasteiger partial charge in [0.2, 0.25) is 5.91 Å². The number of nitrogens with one attached hydrogen (secondary N) is 1. The van der Waals surface area contributed by atoms with Gasteiger partial charge in [-0.15, -0.1) is 0 Å².